The van der Waals surface area contributed by atoms with Crippen molar-refractivity contribution < 1.29 is 9.84 Å². The molecule has 104 valence electrons. The van der Waals surface area contributed by atoms with E-state index in [4.69, 9.17) is 4.74 Å². The molecule has 0 aromatic heterocycles. The van der Waals surface area contributed by atoms with Crippen LogP contribution in [0.15, 0.2) is 16.6 Å². The molecule has 1 fully saturated rings. The Bertz CT molecular complexity index is 460. The summed E-state index contributed by atoms with van der Waals surface area (Å²) in [5.41, 5.74) is 2.56. The first-order chi connectivity index (χ1) is 9.28. The van der Waals surface area contributed by atoms with Crippen LogP contribution in [0.4, 0.5) is 0 Å². The van der Waals surface area contributed by atoms with Crippen LogP contribution in [-0.2, 0) is 13.0 Å². The van der Waals surface area contributed by atoms with E-state index in [2.05, 4.69) is 33.0 Å². The maximum atomic E-state index is 9.25. The fourth-order valence-corrected chi connectivity index (χ4v) is 3.51. The highest BCUT2D eigenvalue weighted by Crippen LogP contribution is 2.35. The molecule has 1 heterocycles. The molecule has 1 N–H and O–H groups in total. The molecular formula is C15H20BrNO2. The monoisotopic (exact) mass is 325 g/mol. The Labute approximate surface area is 122 Å². The summed E-state index contributed by atoms with van der Waals surface area (Å²) in [6.07, 6.45) is 4.85. The number of rotatable bonds is 5. The van der Waals surface area contributed by atoms with Gasteiger partial charge in [-0.2, -0.15) is 0 Å². The van der Waals surface area contributed by atoms with Crippen LogP contribution < -0.4 is 4.74 Å². The van der Waals surface area contributed by atoms with E-state index >= 15 is 0 Å². The van der Waals surface area contributed by atoms with Crippen LogP contribution in [0.25, 0.3) is 0 Å². The number of halogens is 1. The maximum absolute atomic E-state index is 9.25. The van der Waals surface area contributed by atoms with Crippen molar-refractivity contribution >= 4 is 15.9 Å². The Kier molecular flexibility index (Phi) is 4.10. The number of aliphatic hydroxyl groups is 1. The van der Waals surface area contributed by atoms with Gasteiger partial charge in [0.05, 0.1) is 13.2 Å². The first kappa shape index (κ1) is 13.4. The summed E-state index contributed by atoms with van der Waals surface area (Å²) in [6, 6.07) is 4.96. The smallest absolute Gasteiger partial charge is 0.127 e. The lowest BCUT2D eigenvalue weighted by Gasteiger charge is -2.37. The van der Waals surface area contributed by atoms with Gasteiger partial charge in [-0.25, -0.2) is 0 Å². The van der Waals surface area contributed by atoms with E-state index in [1.54, 1.807) is 0 Å². The Hall–Kier alpha value is -0.580. The molecule has 0 saturated heterocycles. The lowest BCUT2D eigenvalue weighted by Crippen LogP contribution is -2.41. The van der Waals surface area contributed by atoms with E-state index in [9.17, 15) is 5.11 Å². The standard InChI is InChI=1S/C15H20BrNO2/c16-13-8-11-4-7-19-15(11)12(9-13)10-17(5-6-18)14-2-1-3-14/h8-9,14,18H,1-7,10H2. The first-order valence-corrected chi connectivity index (χ1v) is 7.86. The van der Waals surface area contributed by atoms with Gasteiger partial charge in [-0.1, -0.05) is 22.4 Å². The van der Waals surface area contributed by atoms with E-state index in [0.29, 0.717) is 6.04 Å². The summed E-state index contributed by atoms with van der Waals surface area (Å²) in [5.74, 6) is 1.07. The van der Waals surface area contributed by atoms with E-state index in [0.717, 1.165) is 36.3 Å². The summed E-state index contributed by atoms with van der Waals surface area (Å²) in [5, 5.41) is 9.25. The normalized spacial score (nSPS) is 18.3. The van der Waals surface area contributed by atoms with Gasteiger partial charge in [0.25, 0.3) is 0 Å². The van der Waals surface area contributed by atoms with Crippen molar-refractivity contribution in [2.45, 2.75) is 38.3 Å². The molecule has 1 aromatic rings. The van der Waals surface area contributed by atoms with Crippen molar-refractivity contribution in [2.24, 2.45) is 0 Å². The summed E-state index contributed by atoms with van der Waals surface area (Å²) in [4.78, 5) is 2.40. The third kappa shape index (κ3) is 2.81. The quantitative estimate of drug-likeness (QED) is 0.903. The molecule has 3 rings (SSSR count). The average Bonchev–Trinajstić information content (AvgIpc) is 2.74. The zero-order valence-electron chi connectivity index (χ0n) is 11.1. The van der Waals surface area contributed by atoms with Gasteiger partial charge < -0.3 is 9.84 Å². The predicted molar refractivity (Wildman–Crippen MR) is 78.5 cm³/mol. The fraction of sp³-hybridized carbons (Fsp3) is 0.600. The zero-order chi connectivity index (χ0) is 13.2. The minimum Gasteiger partial charge on any atom is -0.493 e. The number of ether oxygens (including phenoxy) is 1. The molecule has 0 atom stereocenters. The van der Waals surface area contributed by atoms with Gasteiger partial charge in [0, 0.05) is 35.6 Å². The molecule has 0 bridgehead atoms. The highest BCUT2D eigenvalue weighted by Gasteiger charge is 2.26. The van der Waals surface area contributed by atoms with E-state index < -0.39 is 0 Å². The van der Waals surface area contributed by atoms with Gasteiger partial charge in [0.2, 0.25) is 0 Å². The summed E-state index contributed by atoms with van der Waals surface area (Å²) in [6.45, 7) is 2.66. The second kappa shape index (κ2) is 5.81. The third-order valence-electron chi connectivity index (χ3n) is 4.18. The van der Waals surface area contributed by atoms with Gasteiger partial charge in [-0.05, 0) is 30.5 Å². The molecule has 1 saturated carbocycles. The van der Waals surface area contributed by atoms with Crippen LogP contribution in [0, 0.1) is 0 Å². The lowest BCUT2D eigenvalue weighted by molar-refractivity contribution is 0.0937. The molecule has 19 heavy (non-hydrogen) atoms. The van der Waals surface area contributed by atoms with E-state index in [-0.39, 0.29) is 6.61 Å². The van der Waals surface area contributed by atoms with E-state index in [1.165, 1.54) is 30.4 Å². The number of aliphatic hydroxyl groups excluding tert-OH is 1. The van der Waals surface area contributed by atoms with Crippen LogP contribution in [0.2, 0.25) is 0 Å². The molecule has 1 aliphatic heterocycles. The van der Waals surface area contributed by atoms with Crippen molar-refractivity contribution in [3.8, 4) is 5.75 Å². The first-order valence-electron chi connectivity index (χ1n) is 7.07. The van der Waals surface area contributed by atoms with Crippen molar-refractivity contribution in [3.05, 3.63) is 27.7 Å². The summed E-state index contributed by atoms with van der Waals surface area (Å²) < 4.78 is 6.91. The minimum atomic E-state index is 0.230. The molecule has 2 aliphatic rings. The highest BCUT2D eigenvalue weighted by molar-refractivity contribution is 9.10. The Balaban J connectivity index is 1.81. The average molecular weight is 326 g/mol. The molecule has 4 heteroatoms. The molecule has 0 amide bonds. The summed E-state index contributed by atoms with van der Waals surface area (Å²) in [7, 11) is 0. The van der Waals surface area contributed by atoms with Crippen LogP contribution in [0.1, 0.15) is 30.4 Å². The number of hydrogen-bond donors (Lipinski definition) is 1. The molecule has 3 nitrogen and oxygen atoms in total. The molecule has 1 aromatic carbocycles. The Morgan fingerprint density at radius 3 is 2.89 bits per heavy atom. The van der Waals surface area contributed by atoms with Gasteiger partial charge in [0.15, 0.2) is 0 Å². The second-order valence-electron chi connectivity index (χ2n) is 5.43. The molecule has 0 spiro atoms. The zero-order valence-corrected chi connectivity index (χ0v) is 12.7. The molecule has 0 unspecified atom stereocenters. The number of fused-ring (bicyclic) bond motifs is 1. The second-order valence-corrected chi connectivity index (χ2v) is 6.35. The summed E-state index contributed by atoms with van der Waals surface area (Å²) >= 11 is 3.59. The lowest BCUT2D eigenvalue weighted by atomic mass is 9.91. The predicted octanol–water partition coefficient (Wildman–Crippen LogP) is 2.73. The van der Waals surface area contributed by atoms with Crippen molar-refractivity contribution in [1.82, 2.24) is 4.90 Å². The van der Waals surface area contributed by atoms with Crippen LogP contribution in [0.5, 0.6) is 5.75 Å². The number of hydrogen-bond acceptors (Lipinski definition) is 3. The maximum Gasteiger partial charge on any atom is 0.127 e. The Morgan fingerprint density at radius 2 is 2.21 bits per heavy atom. The van der Waals surface area contributed by atoms with Crippen molar-refractivity contribution in [1.29, 1.82) is 0 Å². The topological polar surface area (TPSA) is 32.7 Å². The molecule has 1 aliphatic carbocycles. The number of nitrogens with zero attached hydrogens (tertiary/aromatic N) is 1. The number of benzene rings is 1. The van der Waals surface area contributed by atoms with Gasteiger partial charge >= 0.3 is 0 Å². The van der Waals surface area contributed by atoms with Gasteiger partial charge in [-0.3, -0.25) is 4.90 Å². The molecular weight excluding hydrogens is 306 g/mol. The Morgan fingerprint density at radius 1 is 1.37 bits per heavy atom. The highest BCUT2D eigenvalue weighted by atomic mass is 79.9. The van der Waals surface area contributed by atoms with Crippen LogP contribution in [-0.4, -0.2) is 35.8 Å². The SMILES string of the molecule is OCCN(Cc1cc(Br)cc2c1OCC2)C1CCC1. The van der Waals surface area contributed by atoms with Crippen molar-refractivity contribution in [2.75, 3.05) is 19.8 Å². The third-order valence-corrected chi connectivity index (χ3v) is 4.63. The van der Waals surface area contributed by atoms with E-state index in [1.807, 2.05) is 0 Å². The van der Waals surface area contributed by atoms with Crippen molar-refractivity contribution in [3.63, 3.8) is 0 Å². The molecule has 0 radical (unpaired) electrons. The van der Waals surface area contributed by atoms with Crippen LogP contribution >= 0.6 is 15.9 Å². The largest absolute Gasteiger partial charge is 0.493 e. The van der Waals surface area contributed by atoms with Gasteiger partial charge in [0.1, 0.15) is 5.75 Å². The van der Waals surface area contributed by atoms with Crippen LogP contribution in [0.3, 0.4) is 0 Å². The fourth-order valence-electron chi connectivity index (χ4n) is 2.95. The minimum absolute atomic E-state index is 0.230. The van der Waals surface area contributed by atoms with Gasteiger partial charge in [-0.15, -0.1) is 0 Å².